The van der Waals surface area contributed by atoms with Crippen LogP contribution in [0.25, 0.3) is 0 Å². The average Bonchev–Trinajstić information content (AvgIpc) is 3.23. The number of para-hydroxylation sites is 2. The second-order valence-electron chi connectivity index (χ2n) is 6.79. The second-order valence-corrected chi connectivity index (χ2v) is 7.77. The van der Waals surface area contributed by atoms with Crippen LogP contribution in [0.3, 0.4) is 0 Å². The Bertz CT molecular complexity index is 726. The lowest BCUT2D eigenvalue weighted by Gasteiger charge is -2.31. The monoisotopic (exact) mass is 372 g/mol. The van der Waals surface area contributed by atoms with Crippen molar-refractivity contribution < 1.29 is 14.3 Å². The van der Waals surface area contributed by atoms with Gasteiger partial charge in [0.25, 0.3) is 5.91 Å². The maximum absolute atomic E-state index is 12.3. The van der Waals surface area contributed by atoms with Gasteiger partial charge in [-0.05, 0) is 55.4 Å². The molecule has 26 heavy (non-hydrogen) atoms. The zero-order chi connectivity index (χ0) is 17.8. The number of likely N-dealkylation sites (tertiary alicyclic amines) is 1. The minimum Gasteiger partial charge on any atom is -0.485 e. The van der Waals surface area contributed by atoms with Crippen LogP contribution in [0.15, 0.2) is 41.8 Å². The van der Waals surface area contributed by atoms with E-state index in [1.807, 2.05) is 35.6 Å². The third-order valence-corrected chi connectivity index (χ3v) is 6.10. The summed E-state index contributed by atoms with van der Waals surface area (Å²) in [5.74, 6) is 1.93. The first-order valence-electron chi connectivity index (χ1n) is 9.21. The minimum absolute atomic E-state index is 0.104. The number of benzene rings is 1. The van der Waals surface area contributed by atoms with Crippen molar-refractivity contribution in [3.63, 3.8) is 0 Å². The fraction of sp³-hybridized carbons (Fsp3) is 0.450. The molecule has 0 saturated carbocycles. The van der Waals surface area contributed by atoms with Gasteiger partial charge >= 0.3 is 0 Å². The molecule has 1 fully saturated rings. The van der Waals surface area contributed by atoms with Gasteiger partial charge in [0, 0.05) is 18.0 Å². The van der Waals surface area contributed by atoms with Crippen molar-refractivity contribution in [3.05, 3.63) is 46.7 Å². The summed E-state index contributed by atoms with van der Waals surface area (Å²) < 4.78 is 11.3. The summed E-state index contributed by atoms with van der Waals surface area (Å²) in [4.78, 5) is 16.3. The number of ether oxygens (including phenoxy) is 2. The van der Waals surface area contributed by atoms with Crippen LogP contribution in [0.4, 0.5) is 0 Å². The molecular weight excluding hydrogens is 348 g/mol. The molecule has 1 aromatic carbocycles. The molecule has 0 radical (unpaired) electrons. The molecule has 1 unspecified atom stereocenters. The zero-order valence-corrected chi connectivity index (χ0v) is 15.5. The Hall–Kier alpha value is -2.05. The molecule has 0 aliphatic carbocycles. The van der Waals surface area contributed by atoms with E-state index >= 15 is 0 Å². The summed E-state index contributed by atoms with van der Waals surface area (Å²) in [5, 5.41) is 5.15. The highest BCUT2D eigenvalue weighted by Gasteiger charge is 2.27. The fourth-order valence-electron chi connectivity index (χ4n) is 3.56. The summed E-state index contributed by atoms with van der Waals surface area (Å²) >= 11 is 1.86. The molecule has 1 aromatic heterocycles. The highest BCUT2D eigenvalue weighted by Crippen LogP contribution is 2.31. The van der Waals surface area contributed by atoms with E-state index in [9.17, 15) is 4.79 Å². The Balaban J connectivity index is 1.18. The van der Waals surface area contributed by atoms with Crippen molar-refractivity contribution in [2.45, 2.75) is 24.9 Å². The molecule has 5 nitrogen and oxygen atoms in total. The smallest absolute Gasteiger partial charge is 0.264 e. The number of nitrogens with one attached hydrogen (secondary N) is 1. The first kappa shape index (κ1) is 17.4. The summed E-state index contributed by atoms with van der Waals surface area (Å²) in [6.07, 6.45) is 1.82. The molecule has 0 spiro atoms. The van der Waals surface area contributed by atoms with E-state index in [0.29, 0.717) is 24.0 Å². The molecule has 0 bridgehead atoms. The molecule has 2 aliphatic heterocycles. The Morgan fingerprint density at radius 1 is 1.15 bits per heavy atom. The standard InChI is InChI=1S/C20H24N2O3S/c23-20(18-14-24-16-4-1-2-5-17(16)25-18)21-9-12-22-10-7-15(8-11-22)19-6-3-13-26-19/h1-6,13,15,18H,7-12,14H2,(H,21,23). The second kappa shape index (κ2) is 8.10. The van der Waals surface area contributed by atoms with E-state index in [0.717, 1.165) is 19.6 Å². The van der Waals surface area contributed by atoms with Gasteiger partial charge in [-0.15, -0.1) is 11.3 Å². The Kier molecular flexibility index (Phi) is 5.41. The van der Waals surface area contributed by atoms with Crippen LogP contribution in [-0.2, 0) is 4.79 Å². The SMILES string of the molecule is O=C(NCCN1CCC(c2cccs2)CC1)C1COc2ccccc2O1. The molecule has 1 atom stereocenters. The summed E-state index contributed by atoms with van der Waals surface area (Å²) in [7, 11) is 0. The van der Waals surface area contributed by atoms with Crippen molar-refractivity contribution in [3.8, 4) is 11.5 Å². The van der Waals surface area contributed by atoms with Crippen LogP contribution in [-0.4, -0.2) is 49.7 Å². The van der Waals surface area contributed by atoms with Gasteiger partial charge in [0.15, 0.2) is 11.5 Å². The molecule has 6 heteroatoms. The number of piperidine rings is 1. The minimum atomic E-state index is -0.575. The van der Waals surface area contributed by atoms with Gasteiger partial charge in [0.1, 0.15) is 6.61 Å². The first-order valence-corrected chi connectivity index (χ1v) is 10.1. The van der Waals surface area contributed by atoms with Crippen molar-refractivity contribution >= 4 is 17.2 Å². The van der Waals surface area contributed by atoms with Crippen molar-refractivity contribution in [1.29, 1.82) is 0 Å². The number of amides is 1. The number of hydrogen-bond acceptors (Lipinski definition) is 5. The lowest BCUT2D eigenvalue weighted by Crippen LogP contribution is -2.46. The normalized spacial score (nSPS) is 20.7. The van der Waals surface area contributed by atoms with Gasteiger partial charge in [0.05, 0.1) is 0 Å². The van der Waals surface area contributed by atoms with Crippen LogP contribution >= 0.6 is 11.3 Å². The molecule has 138 valence electrons. The number of fused-ring (bicyclic) bond motifs is 1. The van der Waals surface area contributed by atoms with Crippen LogP contribution in [0.2, 0.25) is 0 Å². The van der Waals surface area contributed by atoms with Crippen molar-refractivity contribution in [1.82, 2.24) is 10.2 Å². The van der Waals surface area contributed by atoms with E-state index in [1.54, 1.807) is 0 Å². The predicted octanol–water partition coefficient (Wildman–Crippen LogP) is 2.88. The predicted molar refractivity (Wildman–Crippen MR) is 102 cm³/mol. The number of rotatable bonds is 5. The van der Waals surface area contributed by atoms with E-state index in [1.165, 1.54) is 17.7 Å². The van der Waals surface area contributed by atoms with Crippen LogP contribution in [0.5, 0.6) is 11.5 Å². The molecule has 1 N–H and O–H groups in total. The average molecular weight is 372 g/mol. The Morgan fingerprint density at radius 2 is 1.96 bits per heavy atom. The molecule has 2 aliphatic rings. The van der Waals surface area contributed by atoms with Crippen LogP contribution < -0.4 is 14.8 Å². The molecule has 1 amide bonds. The highest BCUT2D eigenvalue weighted by molar-refractivity contribution is 7.10. The number of hydrogen-bond donors (Lipinski definition) is 1. The summed E-state index contributed by atoms with van der Waals surface area (Å²) in [6.45, 7) is 3.97. The fourth-order valence-corrected chi connectivity index (χ4v) is 4.46. The maximum Gasteiger partial charge on any atom is 0.264 e. The van der Waals surface area contributed by atoms with Crippen LogP contribution in [0.1, 0.15) is 23.6 Å². The number of carbonyl (C=O) groups excluding carboxylic acids is 1. The topological polar surface area (TPSA) is 50.8 Å². The largest absolute Gasteiger partial charge is 0.485 e. The third kappa shape index (κ3) is 4.02. The van der Waals surface area contributed by atoms with Crippen molar-refractivity contribution in [2.75, 3.05) is 32.8 Å². The third-order valence-electron chi connectivity index (χ3n) is 5.06. The van der Waals surface area contributed by atoms with Crippen LogP contribution in [0, 0.1) is 0 Å². The van der Waals surface area contributed by atoms with E-state index in [-0.39, 0.29) is 12.5 Å². The molecule has 1 saturated heterocycles. The van der Waals surface area contributed by atoms with Gasteiger partial charge in [-0.3, -0.25) is 4.79 Å². The zero-order valence-electron chi connectivity index (χ0n) is 14.7. The number of nitrogens with zero attached hydrogens (tertiary/aromatic N) is 1. The molecular formula is C20H24N2O3S. The van der Waals surface area contributed by atoms with Gasteiger partial charge in [-0.25, -0.2) is 0 Å². The van der Waals surface area contributed by atoms with Gasteiger partial charge in [-0.2, -0.15) is 0 Å². The highest BCUT2D eigenvalue weighted by atomic mass is 32.1. The number of thiophene rings is 1. The van der Waals surface area contributed by atoms with E-state index in [4.69, 9.17) is 9.47 Å². The van der Waals surface area contributed by atoms with Gasteiger partial charge in [0.2, 0.25) is 6.10 Å². The Morgan fingerprint density at radius 3 is 2.73 bits per heavy atom. The van der Waals surface area contributed by atoms with E-state index < -0.39 is 6.10 Å². The lowest BCUT2D eigenvalue weighted by molar-refractivity contribution is -0.130. The molecule has 4 rings (SSSR count). The molecule has 2 aromatic rings. The van der Waals surface area contributed by atoms with Gasteiger partial charge in [-0.1, -0.05) is 18.2 Å². The number of carbonyl (C=O) groups is 1. The maximum atomic E-state index is 12.3. The van der Waals surface area contributed by atoms with Crippen molar-refractivity contribution in [2.24, 2.45) is 0 Å². The molecule has 3 heterocycles. The lowest BCUT2D eigenvalue weighted by atomic mass is 9.95. The summed E-state index contributed by atoms with van der Waals surface area (Å²) in [6, 6.07) is 11.8. The Labute approximate surface area is 157 Å². The van der Waals surface area contributed by atoms with E-state index in [2.05, 4.69) is 27.7 Å². The summed E-state index contributed by atoms with van der Waals surface area (Å²) in [5.41, 5.74) is 0. The van der Waals surface area contributed by atoms with Gasteiger partial charge < -0.3 is 19.7 Å². The first-order chi connectivity index (χ1) is 12.8. The quantitative estimate of drug-likeness (QED) is 0.877.